The van der Waals surface area contributed by atoms with Crippen LogP contribution in [0.5, 0.6) is 0 Å². The van der Waals surface area contributed by atoms with Gasteiger partial charge in [0, 0.05) is 11.5 Å². The van der Waals surface area contributed by atoms with Crippen LogP contribution in [0.4, 0.5) is 0 Å². The second kappa shape index (κ2) is 5.08. The van der Waals surface area contributed by atoms with Crippen molar-refractivity contribution >= 4 is 0 Å². The summed E-state index contributed by atoms with van der Waals surface area (Å²) in [7, 11) is 0. The second-order valence-corrected chi connectivity index (χ2v) is 7.91. The van der Waals surface area contributed by atoms with E-state index in [0.717, 1.165) is 42.4 Å². The lowest BCUT2D eigenvalue weighted by molar-refractivity contribution is -0.0209. The predicted octanol–water partition coefficient (Wildman–Crippen LogP) is 3.64. The molecule has 0 aromatic carbocycles. The highest BCUT2D eigenvalue weighted by molar-refractivity contribution is 5.07. The van der Waals surface area contributed by atoms with Gasteiger partial charge in [0.2, 0.25) is 5.89 Å². The molecule has 1 N–H and O–H groups in total. The molecule has 4 fully saturated rings. The van der Waals surface area contributed by atoms with Crippen LogP contribution in [0.3, 0.4) is 0 Å². The Balaban J connectivity index is 1.41. The Kier molecular flexibility index (Phi) is 3.32. The molecule has 4 aliphatic carbocycles. The number of hydrogen-bond donors (Lipinski definition) is 1. The molecule has 1 unspecified atom stereocenters. The van der Waals surface area contributed by atoms with Crippen LogP contribution in [0.2, 0.25) is 0 Å². The molecule has 1 heterocycles. The molecular weight excluding hydrogens is 262 g/mol. The van der Waals surface area contributed by atoms with E-state index in [1.165, 1.54) is 38.5 Å². The van der Waals surface area contributed by atoms with E-state index >= 15 is 0 Å². The quantitative estimate of drug-likeness (QED) is 0.899. The van der Waals surface area contributed by atoms with Crippen LogP contribution in [-0.4, -0.2) is 15.7 Å². The van der Waals surface area contributed by atoms with Gasteiger partial charge in [-0.05, 0) is 62.7 Å². The molecule has 116 valence electrons. The minimum atomic E-state index is 0.366. The Morgan fingerprint density at radius 1 is 1.19 bits per heavy atom. The minimum Gasteiger partial charge on any atom is -0.339 e. The number of hydrogen-bond acceptors (Lipinski definition) is 4. The number of rotatable bonds is 5. The molecule has 1 aromatic heterocycles. The van der Waals surface area contributed by atoms with Crippen molar-refractivity contribution in [2.45, 2.75) is 76.8 Å². The highest BCUT2D eigenvalue weighted by Crippen LogP contribution is 2.55. The maximum atomic E-state index is 5.39. The van der Waals surface area contributed by atoms with Crippen molar-refractivity contribution in [2.24, 2.45) is 17.8 Å². The van der Waals surface area contributed by atoms with Crippen LogP contribution in [0, 0.1) is 17.8 Å². The van der Waals surface area contributed by atoms with E-state index in [9.17, 15) is 0 Å². The van der Waals surface area contributed by atoms with E-state index < -0.39 is 0 Å². The molecule has 0 amide bonds. The summed E-state index contributed by atoms with van der Waals surface area (Å²) in [4.78, 5) is 4.56. The molecule has 0 saturated heterocycles. The molecule has 5 rings (SSSR count). The third-order valence-electron chi connectivity index (χ3n) is 6.18. The van der Waals surface area contributed by atoms with Gasteiger partial charge in [-0.3, -0.25) is 0 Å². The Morgan fingerprint density at radius 2 is 1.81 bits per heavy atom. The third kappa shape index (κ3) is 2.52. The first-order chi connectivity index (χ1) is 10.2. The monoisotopic (exact) mass is 289 g/mol. The molecular formula is C17H27N3O. The molecule has 0 aliphatic heterocycles. The van der Waals surface area contributed by atoms with Gasteiger partial charge in [-0.1, -0.05) is 19.0 Å². The summed E-state index contributed by atoms with van der Waals surface area (Å²) >= 11 is 0. The minimum absolute atomic E-state index is 0.366. The molecule has 0 radical (unpaired) electrons. The number of aromatic nitrogens is 2. The van der Waals surface area contributed by atoms with E-state index in [-0.39, 0.29) is 0 Å². The second-order valence-electron chi connectivity index (χ2n) is 7.91. The number of nitrogens with one attached hydrogen (secondary N) is 1. The first kappa shape index (κ1) is 13.7. The topological polar surface area (TPSA) is 51.0 Å². The molecule has 21 heavy (non-hydrogen) atoms. The molecule has 4 nitrogen and oxygen atoms in total. The van der Waals surface area contributed by atoms with Crippen molar-refractivity contribution in [1.29, 1.82) is 0 Å². The van der Waals surface area contributed by atoms with E-state index in [1.54, 1.807) is 0 Å². The maximum Gasteiger partial charge on any atom is 0.229 e. The van der Waals surface area contributed by atoms with Gasteiger partial charge in [-0.25, -0.2) is 0 Å². The fourth-order valence-electron chi connectivity index (χ4n) is 5.31. The molecule has 4 aliphatic rings. The van der Waals surface area contributed by atoms with Gasteiger partial charge in [0.15, 0.2) is 5.82 Å². The Hall–Kier alpha value is -0.900. The van der Waals surface area contributed by atoms with Crippen LogP contribution in [0.25, 0.3) is 0 Å². The van der Waals surface area contributed by atoms with E-state index in [2.05, 4.69) is 29.3 Å². The summed E-state index contributed by atoms with van der Waals surface area (Å²) in [5, 5.41) is 7.98. The summed E-state index contributed by atoms with van der Waals surface area (Å²) < 4.78 is 5.39. The van der Waals surface area contributed by atoms with Crippen LogP contribution in [-0.2, 0) is 6.54 Å². The Morgan fingerprint density at radius 3 is 2.38 bits per heavy atom. The average molecular weight is 289 g/mol. The number of nitrogens with zero attached hydrogens (tertiary/aromatic N) is 2. The molecule has 1 atom stereocenters. The summed E-state index contributed by atoms with van der Waals surface area (Å²) in [6.45, 7) is 5.07. The summed E-state index contributed by atoms with van der Waals surface area (Å²) in [6.07, 6.45) is 9.62. The first-order valence-corrected chi connectivity index (χ1v) is 8.73. The lowest BCUT2D eigenvalue weighted by Gasteiger charge is -2.57. The van der Waals surface area contributed by atoms with Gasteiger partial charge in [0.25, 0.3) is 0 Å². The third-order valence-corrected chi connectivity index (χ3v) is 6.18. The van der Waals surface area contributed by atoms with Crippen molar-refractivity contribution in [3.8, 4) is 0 Å². The van der Waals surface area contributed by atoms with Gasteiger partial charge in [-0.2, -0.15) is 4.98 Å². The molecule has 1 aromatic rings. The van der Waals surface area contributed by atoms with Crippen LogP contribution < -0.4 is 5.32 Å². The standard InChI is InChI=1S/C17H27N3O/c1-3-11(2)16-19-15(20-21-16)10-18-17-7-12-4-13(8-17)6-14(5-12)9-17/h11-14,18H,3-10H2,1-2H3. The normalized spacial score (nSPS) is 38.9. The Bertz CT molecular complexity index is 475. The summed E-state index contributed by atoms with van der Waals surface area (Å²) in [5.41, 5.74) is 0.381. The van der Waals surface area contributed by atoms with Gasteiger partial charge >= 0.3 is 0 Å². The highest BCUT2D eigenvalue weighted by atomic mass is 16.5. The van der Waals surface area contributed by atoms with Gasteiger partial charge in [-0.15, -0.1) is 0 Å². The zero-order valence-corrected chi connectivity index (χ0v) is 13.3. The van der Waals surface area contributed by atoms with E-state index in [1.807, 2.05) is 0 Å². The summed E-state index contributed by atoms with van der Waals surface area (Å²) in [6, 6.07) is 0. The Labute approximate surface area is 127 Å². The maximum absolute atomic E-state index is 5.39. The van der Waals surface area contributed by atoms with Crippen LogP contribution in [0.15, 0.2) is 4.52 Å². The van der Waals surface area contributed by atoms with Crippen LogP contribution >= 0.6 is 0 Å². The zero-order valence-electron chi connectivity index (χ0n) is 13.3. The van der Waals surface area contributed by atoms with Crippen LogP contribution in [0.1, 0.15) is 76.4 Å². The smallest absolute Gasteiger partial charge is 0.229 e. The largest absolute Gasteiger partial charge is 0.339 e. The predicted molar refractivity (Wildman–Crippen MR) is 80.7 cm³/mol. The fraction of sp³-hybridized carbons (Fsp3) is 0.882. The first-order valence-electron chi connectivity index (χ1n) is 8.73. The lowest BCUT2D eigenvalue weighted by Crippen LogP contribution is -2.58. The van der Waals surface area contributed by atoms with Crippen molar-refractivity contribution in [3.05, 3.63) is 11.7 Å². The fourth-order valence-corrected chi connectivity index (χ4v) is 5.31. The molecule has 0 spiro atoms. The van der Waals surface area contributed by atoms with Crippen molar-refractivity contribution in [1.82, 2.24) is 15.5 Å². The average Bonchev–Trinajstić information content (AvgIpc) is 2.92. The summed E-state index contributed by atoms with van der Waals surface area (Å²) in [5.74, 6) is 4.92. The highest BCUT2D eigenvalue weighted by Gasteiger charge is 2.50. The molecule has 4 bridgehead atoms. The van der Waals surface area contributed by atoms with Gasteiger partial charge in [0.1, 0.15) is 0 Å². The van der Waals surface area contributed by atoms with E-state index in [4.69, 9.17) is 4.52 Å². The lowest BCUT2D eigenvalue weighted by atomic mass is 9.53. The van der Waals surface area contributed by atoms with Gasteiger partial charge < -0.3 is 9.84 Å². The van der Waals surface area contributed by atoms with Crippen molar-refractivity contribution in [2.75, 3.05) is 0 Å². The zero-order chi connectivity index (χ0) is 14.4. The van der Waals surface area contributed by atoms with Crippen molar-refractivity contribution in [3.63, 3.8) is 0 Å². The molecule has 4 saturated carbocycles. The van der Waals surface area contributed by atoms with E-state index in [0.29, 0.717) is 11.5 Å². The van der Waals surface area contributed by atoms with Crippen molar-refractivity contribution < 1.29 is 4.52 Å². The molecule has 4 heteroatoms. The van der Waals surface area contributed by atoms with Gasteiger partial charge in [0.05, 0.1) is 6.54 Å². The SMILES string of the molecule is CCC(C)c1nc(CNC23CC4CC(CC(C4)C2)C3)no1.